The molecule has 1 unspecified atom stereocenters. The van der Waals surface area contributed by atoms with E-state index in [2.05, 4.69) is 93.7 Å². The second kappa shape index (κ2) is 51.9. The molecule has 0 aliphatic carbocycles. The molecule has 0 aromatic rings. The van der Waals surface area contributed by atoms with Gasteiger partial charge in [0, 0.05) is 19.3 Å². The van der Waals surface area contributed by atoms with Gasteiger partial charge in [0.15, 0.2) is 6.10 Å². The van der Waals surface area contributed by atoms with E-state index in [0.29, 0.717) is 19.3 Å². The van der Waals surface area contributed by atoms with Gasteiger partial charge in [0.1, 0.15) is 13.2 Å². The third-order valence-corrected chi connectivity index (χ3v) is 10.0. The minimum Gasteiger partial charge on any atom is -0.462 e. The number of unbranched alkanes of at least 4 members (excludes halogenated alkanes) is 14. The molecular formula is C59H90O6. The van der Waals surface area contributed by atoms with E-state index < -0.39 is 6.10 Å². The van der Waals surface area contributed by atoms with Gasteiger partial charge in [-0.2, -0.15) is 0 Å². The predicted octanol–water partition coefficient (Wildman–Crippen LogP) is 16.9. The Hall–Kier alpha value is -4.71. The number of hydrogen-bond acceptors (Lipinski definition) is 6. The fourth-order valence-electron chi connectivity index (χ4n) is 6.30. The SMILES string of the molecule is CC\C=C/C=C\C=C/C=C\C=C\C=C/C=C\CCCCCC(=O)OCC(COC(=O)CCCC/C=C\C/C=C\CC)OC(=O)CCCCCCCCCCC/C=C\C/C=C\C/C=C\CC. The highest BCUT2D eigenvalue weighted by atomic mass is 16.6. The lowest BCUT2D eigenvalue weighted by molar-refractivity contribution is -0.167. The van der Waals surface area contributed by atoms with Gasteiger partial charge >= 0.3 is 17.9 Å². The average Bonchev–Trinajstić information content (AvgIpc) is 3.30. The summed E-state index contributed by atoms with van der Waals surface area (Å²) in [6, 6.07) is 0. The Morgan fingerprint density at radius 3 is 1.09 bits per heavy atom. The molecule has 0 aliphatic rings. The normalized spacial score (nSPS) is 13.3. The van der Waals surface area contributed by atoms with Crippen molar-refractivity contribution in [1.82, 2.24) is 0 Å². The summed E-state index contributed by atoms with van der Waals surface area (Å²) in [4.78, 5) is 37.9. The van der Waals surface area contributed by atoms with Crippen LogP contribution < -0.4 is 0 Å². The summed E-state index contributed by atoms with van der Waals surface area (Å²) in [6.07, 6.45) is 74.1. The smallest absolute Gasteiger partial charge is 0.306 e. The van der Waals surface area contributed by atoms with Crippen LogP contribution in [-0.2, 0) is 28.6 Å². The largest absolute Gasteiger partial charge is 0.462 e. The maximum Gasteiger partial charge on any atom is 0.306 e. The maximum atomic E-state index is 12.8. The standard InChI is InChI=1S/C59H90O6/c1-4-7-10-13-16-19-21-23-25-27-29-31-33-35-37-40-43-46-49-52-58(61)64-55-56(54-63-57(60)51-48-45-42-39-18-15-12-9-6-3)65-59(62)53-50-47-44-41-38-36-34-32-30-28-26-24-22-20-17-14-11-8-5-2/h7-13,16-21,23-27,29,31,33,35,37,39,56H,4-6,14-15,22,28,30,32,34,36,38,40-55H2,1-3H3/b10-7-,11-8-,12-9-,16-13-,20-17-,21-19-,25-23-,26-24-,29-27+,33-31-,37-35-,39-18-. The molecule has 0 N–H and O–H groups in total. The van der Waals surface area contributed by atoms with Gasteiger partial charge < -0.3 is 14.2 Å². The lowest BCUT2D eigenvalue weighted by Gasteiger charge is -2.18. The zero-order chi connectivity index (χ0) is 47.2. The molecular weight excluding hydrogens is 805 g/mol. The minimum absolute atomic E-state index is 0.119. The summed E-state index contributed by atoms with van der Waals surface area (Å²) in [5.74, 6) is -1.02. The van der Waals surface area contributed by atoms with Crippen LogP contribution in [0.4, 0.5) is 0 Å². The molecule has 0 saturated carbocycles. The molecule has 6 heteroatoms. The van der Waals surface area contributed by atoms with E-state index in [1.807, 2.05) is 72.9 Å². The molecule has 0 rings (SSSR count). The van der Waals surface area contributed by atoms with Crippen LogP contribution in [0.1, 0.15) is 188 Å². The molecule has 0 aliphatic heterocycles. The van der Waals surface area contributed by atoms with Gasteiger partial charge in [-0.25, -0.2) is 0 Å². The van der Waals surface area contributed by atoms with E-state index in [1.54, 1.807) is 0 Å². The average molecular weight is 895 g/mol. The minimum atomic E-state index is -0.818. The van der Waals surface area contributed by atoms with Gasteiger partial charge in [-0.1, -0.05) is 218 Å². The molecule has 0 saturated heterocycles. The number of carbonyl (C=O) groups is 3. The summed E-state index contributed by atoms with van der Waals surface area (Å²) < 4.78 is 16.7. The Kier molecular flexibility index (Phi) is 48.2. The molecule has 65 heavy (non-hydrogen) atoms. The van der Waals surface area contributed by atoms with Crippen LogP contribution in [0.25, 0.3) is 0 Å². The van der Waals surface area contributed by atoms with Crippen molar-refractivity contribution in [2.24, 2.45) is 0 Å². The van der Waals surface area contributed by atoms with Crippen molar-refractivity contribution in [3.05, 3.63) is 146 Å². The van der Waals surface area contributed by atoms with Gasteiger partial charge in [0.25, 0.3) is 0 Å². The number of allylic oxidation sites excluding steroid dienone is 24. The Morgan fingerprint density at radius 2 is 0.631 bits per heavy atom. The highest BCUT2D eigenvalue weighted by molar-refractivity contribution is 5.71. The predicted molar refractivity (Wildman–Crippen MR) is 279 cm³/mol. The number of carbonyl (C=O) groups excluding carboxylic acids is 3. The van der Waals surface area contributed by atoms with E-state index in [9.17, 15) is 14.4 Å². The second-order valence-electron chi connectivity index (χ2n) is 16.1. The van der Waals surface area contributed by atoms with Crippen LogP contribution in [0.3, 0.4) is 0 Å². The van der Waals surface area contributed by atoms with Crippen LogP contribution in [0.15, 0.2) is 146 Å². The molecule has 0 aromatic heterocycles. The number of esters is 3. The Morgan fingerprint density at radius 1 is 0.323 bits per heavy atom. The highest BCUT2D eigenvalue weighted by Gasteiger charge is 2.19. The summed E-state index contributed by atoms with van der Waals surface area (Å²) >= 11 is 0. The highest BCUT2D eigenvalue weighted by Crippen LogP contribution is 2.13. The Balaban J connectivity index is 4.48. The van der Waals surface area contributed by atoms with E-state index in [-0.39, 0.29) is 31.1 Å². The van der Waals surface area contributed by atoms with Crippen molar-refractivity contribution in [3.8, 4) is 0 Å². The third-order valence-electron chi connectivity index (χ3n) is 10.0. The van der Waals surface area contributed by atoms with Crippen molar-refractivity contribution >= 4 is 17.9 Å². The zero-order valence-electron chi connectivity index (χ0n) is 41.2. The first-order valence-corrected chi connectivity index (χ1v) is 25.4. The van der Waals surface area contributed by atoms with E-state index in [0.717, 1.165) is 109 Å². The lowest BCUT2D eigenvalue weighted by Crippen LogP contribution is -2.30. The molecule has 0 bridgehead atoms. The van der Waals surface area contributed by atoms with Crippen molar-refractivity contribution in [2.75, 3.05) is 13.2 Å². The topological polar surface area (TPSA) is 78.9 Å². The Labute approximate surface area is 397 Å². The van der Waals surface area contributed by atoms with E-state index >= 15 is 0 Å². The zero-order valence-corrected chi connectivity index (χ0v) is 41.2. The van der Waals surface area contributed by atoms with Gasteiger partial charge in [0.2, 0.25) is 0 Å². The van der Waals surface area contributed by atoms with Crippen LogP contribution in [0.5, 0.6) is 0 Å². The van der Waals surface area contributed by atoms with E-state index in [1.165, 1.54) is 38.5 Å². The van der Waals surface area contributed by atoms with Crippen LogP contribution in [0.2, 0.25) is 0 Å². The molecule has 0 radical (unpaired) electrons. The lowest BCUT2D eigenvalue weighted by atomic mass is 10.1. The monoisotopic (exact) mass is 895 g/mol. The van der Waals surface area contributed by atoms with Crippen LogP contribution in [0, 0.1) is 0 Å². The summed E-state index contributed by atoms with van der Waals surface area (Å²) in [5, 5.41) is 0. The molecule has 6 nitrogen and oxygen atoms in total. The third kappa shape index (κ3) is 50.2. The number of rotatable bonds is 43. The molecule has 362 valence electrons. The molecule has 0 spiro atoms. The molecule has 0 fully saturated rings. The fraction of sp³-hybridized carbons (Fsp3) is 0.542. The van der Waals surface area contributed by atoms with Crippen molar-refractivity contribution in [3.63, 3.8) is 0 Å². The van der Waals surface area contributed by atoms with Gasteiger partial charge in [-0.05, 0) is 96.3 Å². The van der Waals surface area contributed by atoms with Crippen LogP contribution in [-0.4, -0.2) is 37.2 Å². The van der Waals surface area contributed by atoms with Gasteiger partial charge in [-0.3, -0.25) is 14.4 Å². The summed E-state index contributed by atoms with van der Waals surface area (Å²) in [7, 11) is 0. The molecule has 0 heterocycles. The number of ether oxygens (including phenoxy) is 3. The quantitative estimate of drug-likeness (QED) is 0.0199. The Bertz CT molecular complexity index is 1490. The summed E-state index contributed by atoms with van der Waals surface area (Å²) in [6.45, 7) is 6.15. The molecule has 1 atom stereocenters. The molecule has 0 aromatic carbocycles. The van der Waals surface area contributed by atoms with Gasteiger partial charge in [-0.15, -0.1) is 0 Å². The fourth-order valence-corrected chi connectivity index (χ4v) is 6.30. The first-order valence-electron chi connectivity index (χ1n) is 25.4. The number of hydrogen-bond donors (Lipinski definition) is 0. The van der Waals surface area contributed by atoms with E-state index in [4.69, 9.17) is 14.2 Å². The maximum absolute atomic E-state index is 12.8. The first-order chi connectivity index (χ1) is 32.0. The first kappa shape index (κ1) is 60.3. The van der Waals surface area contributed by atoms with Gasteiger partial charge in [0.05, 0.1) is 0 Å². The van der Waals surface area contributed by atoms with Crippen LogP contribution >= 0.6 is 0 Å². The van der Waals surface area contributed by atoms with Crippen molar-refractivity contribution in [2.45, 2.75) is 194 Å². The summed E-state index contributed by atoms with van der Waals surface area (Å²) in [5.41, 5.74) is 0. The molecule has 0 amide bonds. The van der Waals surface area contributed by atoms with Crippen molar-refractivity contribution < 1.29 is 28.6 Å². The second-order valence-corrected chi connectivity index (χ2v) is 16.1. The van der Waals surface area contributed by atoms with Crippen molar-refractivity contribution in [1.29, 1.82) is 0 Å².